The number of nitrogens with zero attached hydrogens (tertiary/aromatic N) is 2. The predicted octanol–water partition coefficient (Wildman–Crippen LogP) is 2.63. The Kier molecular flexibility index (Phi) is 7.98. The lowest BCUT2D eigenvalue weighted by Crippen LogP contribution is -2.34. The summed E-state index contributed by atoms with van der Waals surface area (Å²) in [5, 5.41) is 0. The van der Waals surface area contributed by atoms with Crippen molar-refractivity contribution in [3.05, 3.63) is 48.0 Å². The number of amides is 1. The smallest absolute Gasteiger partial charge is 0.240 e. The van der Waals surface area contributed by atoms with Crippen LogP contribution in [0, 0.1) is 0 Å². The van der Waals surface area contributed by atoms with Crippen LogP contribution in [0.1, 0.15) is 25.3 Å². The average Bonchev–Trinajstić information content (AvgIpc) is 3.02. The van der Waals surface area contributed by atoms with E-state index in [-0.39, 0.29) is 23.8 Å². The first-order valence-electron chi connectivity index (χ1n) is 10.7. The molecule has 32 heavy (non-hydrogen) atoms. The van der Waals surface area contributed by atoms with Crippen molar-refractivity contribution in [2.45, 2.75) is 31.2 Å². The van der Waals surface area contributed by atoms with Crippen molar-refractivity contribution >= 4 is 21.6 Å². The van der Waals surface area contributed by atoms with Gasteiger partial charge in [0.2, 0.25) is 15.9 Å². The maximum absolute atomic E-state index is 12.7. The highest BCUT2D eigenvalue weighted by Gasteiger charge is 2.20. The van der Waals surface area contributed by atoms with E-state index in [1.165, 1.54) is 12.1 Å². The van der Waals surface area contributed by atoms with E-state index in [2.05, 4.69) is 4.72 Å². The largest absolute Gasteiger partial charge is 0.490 e. The maximum atomic E-state index is 12.7. The molecule has 0 unspecified atom stereocenters. The van der Waals surface area contributed by atoms with Gasteiger partial charge in [0.1, 0.15) is 0 Å². The molecule has 1 heterocycles. The first-order valence-corrected chi connectivity index (χ1v) is 12.2. The zero-order valence-electron chi connectivity index (χ0n) is 18.8. The van der Waals surface area contributed by atoms with Gasteiger partial charge in [0.25, 0.3) is 0 Å². The summed E-state index contributed by atoms with van der Waals surface area (Å²) in [6.07, 6.45) is 0.818. The Morgan fingerprint density at radius 3 is 2.38 bits per heavy atom. The van der Waals surface area contributed by atoms with E-state index in [1.54, 1.807) is 11.0 Å². The van der Waals surface area contributed by atoms with Crippen LogP contribution in [0.3, 0.4) is 0 Å². The molecule has 0 saturated carbocycles. The summed E-state index contributed by atoms with van der Waals surface area (Å²) in [5.41, 5.74) is 2.12. The third kappa shape index (κ3) is 6.14. The molecule has 0 spiro atoms. The number of fused-ring (bicyclic) bond motifs is 1. The van der Waals surface area contributed by atoms with Crippen molar-refractivity contribution in [1.29, 1.82) is 0 Å². The fourth-order valence-electron chi connectivity index (χ4n) is 3.34. The van der Waals surface area contributed by atoms with Gasteiger partial charge in [0.15, 0.2) is 11.5 Å². The summed E-state index contributed by atoms with van der Waals surface area (Å²) >= 11 is 0. The summed E-state index contributed by atoms with van der Waals surface area (Å²) in [5.74, 6) is 0.846. The SMILES string of the molecule is CCN(Cc1ccc(N(C)C)cc1)C(=O)CCNS(=O)(=O)c1ccc2c(c1)OCCCO2. The molecule has 2 aromatic carbocycles. The molecule has 0 aliphatic carbocycles. The van der Waals surface area contributed by atoms with E-state index < -0.39 is 10.0 Å². The van der Waals surface area contributed by atoms with Crippen molar-refractivity contribution in [2.75, 3.05) is 45.3 Å². The van der Waals surface area contributed by atoms with E-state index in [0.717, 1.165) is 17.7 Å². The predicted molar refractivity (Wildman–Crippen MR) is 124 cm³/mol. The zero-order chi connectivity index (χ0) is 23.1. The number of anilines is 1. The van der Waals surface area contributed by atoms with Crippen molar-refractivity contribution in [1.82, 2.24) is 9.62 Å². The van der Waals surface area contributed by atoms with Gasteiger partial charge in [-0.15, -0.1) is 0 Å². The third-order valence-electron chi connectivity index (χ3n) is 5.22. The van der Waals surface area contributed by atoms with E-state index in [1.807, 2.05) is 50.2 Å². The fraction of sp³-hybridized carbons (Fsp3) is 0.435. The normalized spacial score (nSPS) is 13.3. The van der Waals surface area contributed by atoms with Crippen LogP contribution in [0.5, 0.6) is 11.5 Å². The molecule has 9 heteroatoms. The van der Waals surface area contributed by atoms with Crippen LogP contribution in [0.25, 0.3) is 0 Å². The summed E-state index contributed by atoms with van der Waals surface area (Å²) < 4.78 is 39.0. The van der Waals surface area contributed by atoms with Gasteiger partial charge in [-0.1, -0.05) is 12.1 Å². The number of benzene rings is 2. The topological polar surface area (TPSA) is 88.2 Å². The highest BCUT2D eigenvalue weighted by Crippen LogP contribution is 2.31. The molecule has 174 valence electrons. The monoisotopic (exact) mass is 461 g/mol. The molecule has 0 fully saturated rings. The summed E-state index contributed by atoms with van der Waals surface area (Å²) in [6, 6.07) is 12.6. The highest BCUT2D eigenvalue weighted by molar-refractivity contribution is 7.89. The molecule has 1 aliphatic rings. The quantitative estimate of drug-likeness (QED) is 0.618. The maximum Gasteiger partial charge on any atom is 0.240 e. The fourth-order valence-corrected chi connectivity index (χ4v) is 4.39. The first kappa shape index (κ1) is 23.9. The van der Waals surface area contributed by atoms with Crippen LogP contribution in [0.2, 0.25) is 0 Å². The summed E-state index contributed by atoms with van der Waals surface area (Å²) in [4.78, 5) is 16.5. The van der Waals surface area contributed by atoms with E-state index in [9.17, 15) is 13.2 Å². The van der Waals surface area contributed by atoms with Crippen molar-refractivity contribution in [3.8, 4) is 11.5 Å². The summed E-state index contributed by atoms with van der Waals surface area (Å²) in [7, 11) is 0.186. The molecule has 0 radical (unpaired) electrons. The lowest BCUT2D eigenvalue weighted by Gasteiger charge is -2.22. The Labute approximate surface area is 190 Å². The number of hydrogen-bond acceptors (Lipinski definition) is 6. The van der Waals surface area contributed by atoms with Crippen molar-refractivity contribution in [2.24, 2.45) is 0 Å². The molecular formula is C23H31N3O5S. The minimum Gasteiger partial charge on any atom is -0.490 e. The Morgan fingerprint density at radius 2 is 1.72 bits per heavy atom. The molecule has 2 aromatic rings. The van der Waals surface area contributed by atoms with Gasteiger partial charge in [-0.05, 0) is 36.8 Å². The Hall–Kier alpha value is -2.78. The molecule has 0 aromatic heterocycles. The Balaban J connectivity index is 1.56. The molecule has 1 aliphatic heterocycles. The van der Waals surface area contributed by atoms with Gasteiger partial charge in [-0.25, -0.2) is 13.1 Å². The van der Waals surface area contributed by atoms with Crippen LogP contribution in [-0.4, -0.2) is 59.6 Å². The molecule has 3 rings (SSSR count). The van der Waals surface area contributed by atoms with E-state index in [0.29, 0.717) is 37.8 Å². The van der Waals surface area contributed by atoms with E-state index in [4.69, 9.17) is 9.47 Å². The third-order valence-corrected chi connectivity index (χ3v) is 6.68. The molecule has 0 atom stereocenters. The number of nitrogens with one attached hydrogen (secondary N) is 1. The van der Waals surface area contributed by atoms with Gasteiger partial charge < -0.3 is 19.3 Å². The highest BCUT2D eigenvalue weighted by atomic mass is 32.2. The Bertz CT molecular complexity index is 1020. The first-order chi connectivity index (χ1) is 15.3. The van der Waals surface area contributed by atoms with E-state index >= 15 is 0 Å². The second-order valence-corrected chi connectivity index (χ2v) is 9.54. The van der Waals surface area contributed by atoms with Crippen LogP contribution in [0.15, 0.2) is 47.4 Å². The molecule has 0 saturated heterocycles. The second kappa shape index (κ2) is 10.7. The van der Waals surface area contributed by atoms with Gasteiger partial charge in [0.05, 0.1) is 18.1 Å². The van der Waals surface area contributed by atoms with Crippen molar-refractivity contribution < 1.29 is 22.7 Å². The minimum atomic E-state index is -3.77. The van der Waals surface area contributed by atoms with Gasteiger partial charge >= 0.3 is 0 Å². The number of carbonyl (C=O) groups excluding carboxylic acids is 1. The van der Waals surface area contributed by atoms with Gasteiger partial charge in [-0.2, -0.15) is 0 Å². The van der Waals surface area contributed by atoms with Gasteiger partial charge in [0, 0.05) is 58.3 Å². The number of ether oxygens (including phenoxy) is 2. The summed E-state index contributed by atoms with van der Waals surface area (Å²) in [6.45, 7) is 3.97. The molecule has 0 bridgehead atoms. The molecule has 8 nitrogen and oxygen atoms in total. The number of carbonyl (C=O) groups is 1. The zero-order valence-corrected chi connectivity index (χ0v) is 19.7. The van der Waals surface area contributed by atoms with Crippen LogP contribution < -0.4 is 19.1 Å². The van der Waals surface area contributed by atoms with Crippen molar-refractivity contribution in [3.63, 3.8) is 0 Å². The molecule has 1 N–H and O–H groups in total. The number of rotatable bonds is 9. The van der Waals surface area contributed by atoms with Crippen LogP contribution >= 0.6 is 0 Å². The van der Waals surface area contributed by atoms with Crippen LogP contribution in [-0.2, 0) is 21.4 Å². The number of hydrogen-bond donors (Lipinski definition) is 1. The van der Waals surface area contributed by atoms with Gasteiger partial charge in [-0.3, -0.25) is 4.79 Å². The molecule has 1 amide bonds. The lowest BCUT2D eigenvalue weighted by molar-refractivity contribution is -0.131. The van der Waals surface area contributed by atoms with Crippen LogP contribution in [0.4, 0.5) is 5.69 Å². The Morgan fingerprint density at radius 1 is 1.03 bits per heavy atom. The number of sulfonamides is 1. The standard InChI is InChI=1S/C23H31N3O5S/c1-4-26(17-18-6-8-19(9-7-18)25(2)3)23(27)12-13-24-32(28,29)20-10-11-21-22(16-20)31-15-5-14-30-21/h6-11,16,24H,4-5,12-15,17H2,1-3H3. The average molecular weight is 462 g/mol. The second-order valence-electron chi connectivity index (χ2n) is 7.78. The molecular weight excluding hydrogens is 430 g/mol. The lowest BCUT2D eigenvalue weighted by atomic mass is 10.2. The minimum absolute atomic E-state index is 0.0195.